The maximum Gasteiger partial charge on any atom is 0.528 e. The minimum absolute atomic E-state index is 0.505. The molecule has 0 radical (unpaired) electrons. The molecule has 0 amide bonds. The van der Waals surface area contributed by atoms with Gasteiger partial charge in [0.15, 0.2) is 0 Å². The van der Waals surface area contributed by atoms with Crippen molar-refractivity contribution in [1.82, 2.24) is 10.4 Å². The van der Waals surface area contributed by atoms with E-state index in [1.165, 1.54) is 11.1 Å². The lowest BCUT2D eigenvalue weighted by atomic mass is 10.2. The highest BCUT2D eigenvalue weighted by molar-refractivity contribution is 5.60. The van der Waals surface area contributed by atoms with Gasteiger partial charge in [0.05, 0.1) is 13.1 Å². The summed E-state index contributed by atoms with van der Waals surface area (Å²) in [4.78, 5) is 16.5. The van der Waals surface area contributed by atoms with Gasteiger partial charge in [-0.3, -0.25) is 0 Å². The Morgan fingerprint density at radius 3 is 2.31 bits per heavy atom. The number of hydrogen-bond donors (Lipinski definition) is 1. The average molecular weight is 226 g/mol. The molecule has 0 aromatic heterocycles. The van der Waals surface area contributed by atoms with Crippen molar-refractivity contribution in [2.75, 3.05) is 26.2 Å². The second-order valence-corrected chi connectivity index (χ2v) is 5.16. The highest BCUT2D eigenvalue weighted by atomic mass is 16.8. The van der Waals surface area contributed by atoms with Crippen LogP contribution in [0.5, 0.6) is 0 Å². The van der Waals surface area contributed by atoms with Crippen molar-refractivity contribution < 1.29 is 14.4 Å². The lowest BCUT2D eigenvalue weighted by Gasteiger charge is -2.22. The van der Waals surface area contributed by atoms with Gasteiger partial charge in [-0.1, -0.05) is 0 Å². The first-order valence-corrected chi connectivity index (χ1v) is 5.50. The van der Waals surface area contributed by atoms with E-state index in [4.69, 9.17) is 9.57 Å². The van der Waals surface area contributed by atoms with E-state index in [-0.39, 0.29) is 0 Å². The fourth-order valence-corrected chi connectivity index (χ4v) is 1.87. The van der Waals surface area contributed by atoms with Crippen molar-refractivity contribution in [3.05, 3.63) is 11.1 Å². The van der Waals surface area contributed by atoms with Crippen molar-refractivity contribution in [2.45, 2.75) is 26.4 Å². The standard InChI is InChI=1S/C11H18N2O3/c1-11(2,3)15-10(14)16-13-6-8-4-12-5-9(8)7-13/h12H,4-7H2,1-3H3. The summed E-state index contributed by atoms with van der Waals surface area (Å²) in [5.74, 6) is 0. The summed E-state index contributed by atoms with van der Waals surface area (Å²) in [6.45, 7) is 8.66. The van der Waals surface area contributed by atoms with Crippen LogP contribution in [0, 0.1) is 0 Å². The van der Waals surface area contributed by atoms with Gasteiger partial charge >= 0.3 is 6.16 Å². The Labute approximate surface area is 95.3 Å². The fourth-order valence-electron chi connectivity index (χ4n) is 1.87. The van der Waals surface area contributed by atoms with Gasteiger partial charge in [-0.2, -0.15) is 0 Å². The number of rotatable bonds is 1. The summed E-state index contributed by atoms with van der Waals surface area (Å²) in [7, 11) is 0. The zero-order valence-corrected chi connectivity index (χ0v) is 10.0. The van der Waals surface area contributed by atoms with Crippen LogP contribution >= 0.6 is 0 Å². The molecule has 2 rings (SSSR count). The molecule has 0 saturated carbocycles. The van der Waals surface area contributed by atoms with Gasteiger partial charge in [0.2, 0.25) is 0 Å². The molecule has 0 aliphatic carbocycles. The van der Waals surface area contributed by atoms with Crippen LogP contribution in [0.4, 0.5) is 4.79 Å². The van der Waals surface area contributed by atoms with Crippen LogP contribution in [0.1, 0.15) is 20.8 Å². The monoisotopic (exact) mass is 226 g/mol. The third-order valence-corrected chi connectivity index (χ3v) is 2.50. The van der Waals surface area contributed by atoms with Crippen LogP contribution in [0.3, 0.4) is 0 Å². The molecule has 0 aromatic rings. The van der Waals surface area contributed by atoms with Crippen LogP contribution in [0.15, 0.2) is 11.1 Å². The van der Waals surface area contributed by atoms with Gasteiger partial charge in [-0.05, 0) is 31.9 Å². The second-order valence-electron chi connectivity index (χ2n) is 5.16. The smallest absolute Gasteiger partial charge is 0.427 e. The minimum atomic E-state index is -0.623. The van der Waals surface area contributed by atoms with E-state index >= 15 is 0 Å². The Morgan fingerprint density at radius 1 is 1.25 bits per heavy atom. The Hall–Kier alpha value is -1.07. The van der Waals surface area contributed by atoms with Crippen molar-refractivity contribution in [3.8, 4) is 0 Å². The molecule has 0 atom stereocenters. The van der Waals surface area contributed by atoms with E-state index in [0.717, 1.165) is 13.1 Å². The predicted molar refractivity (Wildman–Crippen MR) is 58.8 cm³/mol. The molecular formula is C11H18N2O3. The molecule has 90 valence electrons. The van der Waals surface area contributed by atoms with Gasteiger partial charge < -0.3 is 14.9 Å². The third kappa shape index (κ3) is 2.74. The minimum Gasteiger partial charge on any atom is -0.427 e. The molecule has 0 fully saturated rings. The molecule has 1 N–H and O–H groups in total. The molecule has 0 spiro atoms. The average Bonchev–Trinajstić information content (AvgIpc) is 2.58. The van der Waals surface area contributed by atoms with Crippen molar-refractivity contribution in [2.24, 2.45) is 0 Å². The van der Waals surface area contributed by atoms with Crippen molar-refractivity contribution in [1.29, 1.82) is 0 Å². The lowest BCUT2D eigenvalue weighted by molar-refractivity contribution is -0.128. The first-order chi connectivity index (χ1) is 7.44. The normalized spacial score (nSPS) is 21.2. The van der Waals surface area contributed by atoms with E-state index in [9.17, 15) is 4.79 Å². The molecule has 5 heteroatoms. The number of nitrogens with zero attached hydrogens (tertiary/aromatic N) is 1. The molecule has 0 bridgehead atoms. The van der Waals surface area contributed by atoms with E-state index in [0.29, 0.717) is 13.1 Å². The van der Waals surface area contributed by atoms with Gasteiger partial charge in [-0.25, -0.2) is 4.79 Å². The van der Waals surface area contributed by atoms with Crippen LogP contribution in [-0.2, 0) is 9.57 Å². The van der Waals surface area contributed by atoms with Crippen LogP contribution in [0.25, 0.3) is 0 Å². The fraction of sp³-hybridized carbons (Fsp3) is 0.727. The first kappa shape index (κ1) is 11.4. The zero-order valence-electron chi connectivity index (χ0n) is 10.0. The van der Waals surface area contributed by atoms with Gasteiger partial charge in [0, 0.05) is 13.1 Å². The summed E-state index contributed by atoms with van der Waals surface area (Å²) < 4.78 is 5.08. The maximum absolute atomic E-state index is 11.4. The highest BCUT2D eigenvalue weighted by Gasteiger charge is 2.29. The Morgan fingerprint density at radius 2 is 1.81 bits per heavy atom. The summed E-state index contributed by atoms with van der Waals surface area (Å²) >= 11 is 0. The Balaban J connectivity index is 1.78. The third-order valence-electron chi connectivity index (χ3n) is 2.50. The number of hydrogen-bond acceptors (Lipinski definition) is 5. The molecule has 5 nitrogen and oxygen atoms in total. The molecule has 16 heavy (non-hydrogen) atoms. The molecular weight excluding hydrogens is 208 g/mol. The lowest BCUT2D eigenvalue weighted by Crippen LogP contribution is -2.33. The van der Waals surface area contributed by atoms with Crippen LogP contribution in [0.2, 0.25) is 0 Å². The first-order valence-electron chi connectivity index (χ1n) is 5.50. The number of carbonyl (C=O) groups excluding carboxylic acids is 1. The highest BCUT2D eigenvalue weighted by Crippen LogP contribution is 2.21. The van der Waals surface area contributed by atoms with E-state index < -0.39 is 11.8 Å². The Kier molecular flexibility index (Phi) is 2.90. The van der Waals surface area contributed by atoms with E-state index in [2.05, 4.69) is 5.32 Å². The summed E-state index contributed by atoms with van der Waals surface area (Å²) in [6, 6.07) is 0. The second kappa shape index (κ2) is 4.07. The number of carbonyl (C=O) groups is 1. The van der Waals surface area contributed by atoms with Gasteiger partial charge in [0.25, 0.3) is 0 Å². The van der Waals surface area contributed by atoms with E-state index in [1.807, 2.05) is 20.8 Å². The van der Waals surface area contributed by atoms with Crippen molar-refractivity contribution >= 4 is 6.16 Å². The SMILES string of the molecule is CC(C)(C)OC(=O)ON1CC2=C(CNC2)C1. The maximum atomic E-state index is 11.4. The van der Waals surface area contributed by atoms with Crippen LogP contribution < -0.4 is 5.32 Å². The molecule has 0 aromatic carbocycles. The van der Waals surface area contributed by atoms with Gasteiger partial charge in [0.1, 0.15) is 5.60 Å². The number of ether oxygens (including phenoxy) is 1. The summed E-state index contributed by atoms with van der Waals surface area (Å²) in [6.07, 6.45) is -0.623. The summed E-state index contributed by atoms with van der Waals surface area (Å²) in [5, 5.41) is 4.92. The van der Waals surface area contributed by atoms with Gasteiger partial charge in [-0.15, -0.1) is 5.06 Å². The molecule has 2 heterocycles. The number of hydroxylamine groups is 2. The van der Waals surface area contributed by atoms with Crippen LogP contribution in [-0.4, -0.2) is 43.0 Å². The quantitative estimate of drug-likeness (QED) is 0.535. The number of nitrogens with one attached hydrogen (secondary N) is 1. The van der Waals surface area contributed by atoms with E-state index in [1.54, 1.807) is 5.06 Å². The van der Waals surface area contributed by atoms with Crippen molar-refractivity contribution in [3.63, 3.8) is 0 Å². The molecule has 2 aliphatic heterocycles. The summed E-state index contributed by atoms with van der Waals surface area (Å²) in [5.41, 5.74) is 2.17. The molecule has 0 saturated heterocycles. The Bertz CT molecular complexity index is 315. The molecule has 2 aliphatic rings. The largest absolute Gasteiger partial charge is 0.528 e. The molecule has 0 unspecified atom stereocenters. The zero-order chi connectivity index (χ0) is 11.8. The topological polar surface area (TPSA) is 50.8 Å². The predicted octanol–water partition coefficient (Wildman–Crippen LogP) is 1.07.